The van der Waals surface area contributed by atoms with Crippen molar-refractivity contribution in [3.63, 3.8) is 0 Å². The number of fused-ring (bicyclic) bond motifs is 1. The highest BCUT2D eigenvalue weighted by atomic mass is 127. The second-order valence-corrected chi connectivity index (χ2v) is 5.94. The Kier molecular flexibility index (Phi) is 8.69. The molecule has 1 aliphatic rings. The molecule has 0 bridgehead atoms. The zero-order valence-corrected chi connectivity index (χ0v) is 18.5. The number of halogens is 4. The molecule has 0 fully saturated rings. The summed E-state index contributed by atoms with van der Waals surface area (Å²) in [7, 11) is 2.95. The molecule has 0 radical (unpaired) electrons. The van der Waals surface area contributed by atoms with Crippen LogP contribution in [-0.4, -0.2) is 33.5 Å². The van der Waals surface area contributed by atoms with Crippen molar-refractivity contribution in [2.24, 2.45) is 4.99 Å². The lowest BCUT2D eigenvalue weighted by Gasteiger charge is -2.15. The number of benzene rings is 2. The molecule has 0 atom stereocenters. The summed E-state index contributed by atoms with van der Waals surface area (Å²) in [4.78, 5) is 4.07. The second-order valence-electron chi connectivity index (χ2n) is 5.94. The third-order valence-corrected chi connectivity index (χ3v) is 4.12. The molecular weight excluding hydrogens is 518 g/mol. The van der Waals surface area contributed by atoms with E-state index < -0.39 is 12.4 Å². The van der Waals surface area contributed by atoms with Crippen LogP contribution in [0.1, 0.15) is 11.1 Å². The highest BCUT2D eigenvalue weighted by Crippen LogP contribution is 2.38. The van der Waals surface area contributed by atoms with E-state index in [9.17, 15) is 13.2 Å². The number of hydrogen-bond acceptors (Lipinski definition) is 5. The van der Waals surface area contributed by atoms with Gasteiger partial charge in [0.1, 0.15) is 5.75 Å². The Morgan fingerprint density at radius 3 is 2.43 bits per heavy atom. The van der Waals surface area contributed by atoms with Crippen LogP contribution in [0.15, 0.2) is 35.3 Å². The lowest BCUT2D eigenvalue weighted by atomic mass is 10.1. The summed E-state index contributed by atoms with van der Waals surface area (Å²) < 4.78 is 59.2. The zero-order valence-electron chi connectivity index (χ0n) is 16.2. The van der Waals surface area contributed by atoms with Crippen LogP contribution in [0.4, 0.5) is 13.2 Å². The molecule has 0 saturated heterocycles. The molecule has 3 rings (SSSR count). The van der Waals surface area contributed by atoms with Crippen LogP contribution < -0.4 is 29.6 Å². The number of aliphatic imine (C=N–C) groups is 1. The van der Waals surface area contributed by atoms with Crippen LogP contribution in [-0.2, 0) is 13.1 Å². The van der Waals surface area contributed by atoms with E-state index in [1.807, 2.05) is 0 Å². The first-order valence-electron chi connectivity index (χ1n) is 8.64. The molecular formula is C19H21F3IN3O4. The maximum Gasteiger partial charge on any atom is 0.387 e. The third-order valence-electron chi connectivity index (χ3n) is 4.12. The van der Waals surface area contributed by atoms with E-state index in [1.54, 1.807) is 19.2 Å². The van der Waals surface area contributed by atoms with E-state index >= 15 is 0 Å². The van der Waals surface area contributed by atoms with Crippen molar-refractivity contribution in [3.8, 4) is 23.0 Å². The van der Waals surface area contributed by atoms with Gasteiger partial charge in [-0.25, -0.2) is 4.39 Å². The fraction of sp³-hybridized carbons (Fsp3) is 0.316. The number of nitrogens with zero attached hydrogens (tertiary/aromatic N) is 1. The lowest BCUT2D eigenvalue weighted by molar-refractivity contribution is -0.0505. The zero-order chi connectivity index (χ0) is 20.8. The Morgan fingerprint density at radius 1 is 1.10 bits per heavy atom. The summed E-state index contributed by atoms with van der Waals surface area (Å²) in [6, 6.07) is 7.53. The summed E-state index contributed by atoms with van der Waals surface area (Å²) >= 11 is 0. The number of nitrogens with one attached hydrogen (secondary N) is 2. The highest BCUT2D eigenvalue weighted by molar-refractivity contribution is 14.0. The van der Waals surface area contributed by atoms with Crippen LogP contribution in [0.25, 0.3) is 0 Å². The van der Waals surface area contributed by atoms with Gasteiger partial charge in [-0.05, 0) is 23.8 Å². The summed E-state index contributed by atoms with van der Waals surface area (Å²) in [6.45, 7) is -2.53. The van der Waals surface area contributed by atoms with Crippen molar-refractivity contribution in [2.75, 3.05) is 21.0 Å². The second kappa shape index (κ2) is 11.0. The smallest absolute Gasteiger partial charge is 0.387 e. The summed E-state index contributed by atoms with van der Waals surface area (Å²) in [5.41, 5.74) is 1.11. The van der Waals surface area contributed by atoms with E-state index in [0.717, 1.165) is 0 Å². The van der Waals surface area contributed by atoms with Gasteiger partial charge in [0.2, 0.25) is 6.79 Å². The van der Waals surface area contributed by atoms with E-state index in [0.29, 0.717) is 35.1 Å². The quantitative estimate of drug-likeness (QED) is 0.318. The average Bonchev–Trinajstić information content (AvgIpc) is 3.15. The van der Waals surface area contributed by atoms with Crippen LogP contribution in [0.3, 0.4) is 0 Å². The SMILES string of the molecule is CN=C(NCc1ccc(OC)c(F)c1)NCc1cc2c(cc1OC(F)F)OCO2.I. The van der Waals surface area contributed by atoms with Crippen LogP contribution >= 0.6 is 24.0 Å². The molecule has 2 N–H and O–H groups in total. The van der Waals surface area contributed by atoms with Crippen molar-refractivity contribution in [2.45, 2.75) is 19.7 Å². The van der Waals surface area contributed by atoms with Gasteiger partial charge in [-0.1, -0.05) is 6.07 Å². The van der Waals surface area contributed by atoms with Gasteiger partial charge >= 0.3 is 6.61 Å². The van der Waals surface area contributed by atoms with Gasteiger partial charge in [0, 0.05) is 31.8 Å². The third kappa shape index (κ3) is 5.97. The molecule has 1 aliphatic heterocycles. The Balaban J connectivity index is 0.00000320. The van der Waals surface area contributed by atoms with Gasteiger partial charge in [0.05, 0.1) is 7.11 Å². The van der Waals surface area contributed by atoms with Gasteiger partial charge in [-0.15, -0.1) is 24.0 Å². The molecule has 0 unspecified atom stereocenters. The standard InChI is InChI=1S/C19H20F3N3O4.HI/c1-23-19(24-8-11-3-4-14(26-2)13(20)5-11)25-9-12-6-16-17(28-10-27-16)7-15(12)29-18(21)22;/h3-7,18H,8-10H2,1-2H3,(H2,23,24,25);1H. The van der Waals surface area contributed by atoms with Gasteiger partial charge in [-0.2, -0.15) is 8.78 Å². The van der Waals surface area contributed by atoms with Crippen molar-refractivity contribution in [3.05, 3.63) is 47.3 Å². The summed E-state index contributed by atoms with van der Waals surface area (Å²) in [5.74, 6) is 0.842. The minimum Gasteiger partial charge on any atom is -0.494 e. The molecule has 2 aromatic carbocycles. The predicted molar refractivity (Wildman–Crippen MR) is 115 cm³/mol. The Hall–Kier alpha value is -2.57. The molecule has 0 aliphatic carbocycles. The first-order chi connectivity index (χ1) is 14.0. The number of methoxy groups -OCH3 is 1. The molecule has 11 heteroatoms. The topological polar surface area (TPSA) is 73.3 Å². The Morgan fingerprint density at radius 2 is 1.80 bits per heavy atom. The fourth-order valence-electron chi connectivity index (χ4n) is 2.71. The van der Waals surface area contributed by atoms with Gasteiger partial charge in [0.15, 0.2) is 29.0 Å². The van der Waals surface area contributed by atoms with Crippen molar-refractivity contribution >= 4 is 29.9 Å². The van der Waals surface area contributed by atoms with Crippen LogP contribution in [0.2, 0.25) is 0 Å². The Bertz CT molecular complexity index is 900. The molecule has 164 valence electrons. The summed E-state index contributed by atoms with van der Waals surface area (Å²) in [5, 5.41) is 6.02. The Labute approximate surface area is 188 Å². The number of guanidine groups is 1. The first-order valence-corrected chi connectivity index (χ1v) is 8.64. The minimum atomic E-state index is -2.98. The molecule has 7 nitrogen and oxygen atoms in total. The molecule has 0 aromatic heterocycles. The van der Waals surface area contributed by atoms with Crippen molar-refractivity contribution < 1.29 is 32.1 Å². The number of ether oxygens (including phenoxy) is 4. The van der Waals surface area contributed by atoms with Crippen LogP contribution in [0.5, 0.6) is 23.0 Å². The van der Waals surface area contributed by atoms with E-state index in [4.69, 9.17) is 14.2 Å². The van der Waals surface area contributed by atoms with Gasteiger partial charge in [-0.3, -0.25) is 4.99 Å². The normalized spacial score (nSPS) is 12.4. The molecule has 30 heavy (non-hydrogen) atoms. The van der Waals surface area contributed by atoms with Crippen molar-refractivity contribution in [1.29, 1.82) is 0 Å². The number of alkyl halides is 2. The monoisotopic (exact) mass is 539 g/mol. The number of rotatable bonds is 7. The molecule has 1 heterocycles. The molecule has 0 amide bonds. The van der Waals surface area contributed by atoms with Crippen molar-refractivity contribution in [1.82, 2.24) is 10.6 Å². The van der Waals surface area contributed by atoms with Gasteiger partial charge < -0.3 is 29.6 Å². The minimum absolute atomic E-state index is 0. The fourth-order valence-corrected chi connectivity index (χ4v) is 2.71. The molecule has 2 aromatic rings. The van der Waals surface area contributed by atoms with Crippen LogP contribution in [0, 0.1) is 5.82 Å². The highest BCUT2D eigenvalue weighted by Gasteiger charge is 2.20. The summed E-state index contributed by atoms with van der Waals surface area (Å²) in [6.07, 6.45) is 0. The first kappa shape index (κ1) is 23.7. The lowest BCUT2D eigenvalue weighted by Crippen LogP contribution is -2.36. The van der Waals surface area contributed by atoms with E-state index in [2.05, 4.69) is 20.4 Å². The van der Waals surface area contributed by atoms with Gasteiger partial charge in [0.25, 0.3) is 0 Å². The largest absolute Gasteiger partial charge is 0.494 e. The van der Waals surface area contributed by atoms with E-state index in [-0.39, 0.29) is 48.8 Å². The predicted octanol–water partition coefficient (Wildman–Crippen LogP) is 3.65. The maximum atomic E-state index is 13.8. The average molecular weight is 539 g/mol. The van der Waals surface area contributed by atoms with E-state index in [1.165, 1.54) is 25.3 Å². The maximum absolute atomic E-state index is 13.8. The number of hydrogen-bond donors (Lipinski definition) is 2. The molecule has 0 spiro atoms. The molecule has 0 saturated carbocycles.